The molecule has 1 aromatic heterocycles. The van der Waals surface area contributed by atoms with Crippen LogP contribution < -0.4 is 4.90 Å². The molecule has 1 aliphatic rings. The molecule has 3 rings (SSSR count). The van der Waals surface area contributed by atoms with E-state index in [0.717, 1.165) is 35.4 Å². The minimum atomic E-state index is -0.533. The number of β-amino-alcohol motifs (C(OH)–C–C–N with tert-alkyl or cyclic N) is 1. The Hall–Kier alpha value is -1.68. The lowest BCUT2D eigenvalue weighted by Crippen LogP contribution is -2.62. The van der Waals surface area contributed by atoms with E-state index in [9.17, 15) is 5.11 Å². The van der Waals surface area contributed by atoms with Crippen molar-refractivity contribution < 1.29 is 5.11 Å². The Balaban J connectivity index is 1.88. The van der Waals surface area contributed by atoms with Crippen LogP contribution in [0.4, 0.5) is 5.82 Å². The van der Waals surface area contributed by atoms with E-state index in [4.69, 9.17) is 0 Å². The third-order valence-electron chi connectivity index (χ3n) is 3.71. The Labute approximate surface area is 113 Å². The summed E-state index contributed by atoms with van der Waals surface area (Å²) >= 11 is 0. The van der Waals surface area contributed by atoms with Crippen molar-refractivity contribution in [3.05, 3.63) is 30.0 Å². The molecule has 100 valence electrons. The first-order valence-electron chi connectivity index (χ1n) is 6.82. The molecule has 0 spiro atoms. The molecule has 2 heterocycles. The number of nitrogens with zero attached hydrogens (tertiary/aromatic N) is 3. The van der Waals surface area contributed by atoms with Gasteiger partial charge in [0.15, 0.2) is 5.82 Å². The average molecular weight is 257 g/mol. The zero-order valence-electron chi connectivity index (χ0n) is 11.4. The van der Waals surface area contributed by atoms with Crippen LogP contribution in [0, 0.1) is 6.92 Å². The second-order valence-electron chi connectivity index (χ2n) is 5.45. The first-order valence-corrected chi connectivity index (χ1v) is 6.82. The van der Waals surface area contributed by atoms with Gasteiger partial charge in [-0.15, -0.1) is 0 Å². The van der Waals surface area contributed by atoms with E-state index in [1.165, 1.54) is 0 Å². The third-order valence-corrected chi connectivity index (χ3v) is 3.71. The van der Waals surface area contributed by atoms with Gasteiger partial charge in [0, 0.05) is 0 Å². The van der Waals surface area contributed by atoms with E-state index in [-0.39, 0.29) is 0 Å². The lowest BCUT2D eigenvalue weighted by Gasteiger charge is -2.47. The van der Waals surface area contributed by atoms with Crippen LogP contribution in [-0.4, -0.2) is 33.8 Å². The number of hydrogen-bond acceptors (Lipinski definition) is 4. The molecule has 1 aliphatic heterocycles. The number of benzene rings is 1. The molecule has 1 aromatic carbocycles. The Bertz CT molecular complexity index is 605. The van der Waals surface area contributed by atoms with E-state index in [2.05, 4.69) is 21.8 Å². The molecule has 0 unspecified atom stereocenters. The highest BCUT2D eigenvalue weighted by atomic mass is 16.3. The van der Waals surface area contributed by atoms with Crippen molar-refractivity contribution in [3.63, 3.8) is 0 Å². The first kappa shape index (κ1) is 12.4. The highest BCUT2D eigenvalue weighted by Crippen LogP contribution is 2.31. The minimum Gasteiger partial charge on any atom is -0.386 e. The predicted molar refractivity (Wildman–Crippen MR) is 76.3 cm³/mol. The standard InChI is InChI=1S/C15H19N3O/c1-3-8-15(19)9-18(10-15)14-11(2)16-12-6-4-5-7-13(12)17-14/h4-7,19H,3,8-10H2,1-2H3. The van der Waals surface area contributed by atoms with Crippen molar-refractivity contribution in [2.75, 3.05) is 18.0 Å². The normalized spacial score (nSPS) is 17.5. The lowest BCUT2D eigenvalue weighted by molar-refractivity contribution is 0.00288. The van der Waals surface area contributed by atoms with Gasteiger partial charge in [0.2, 0.25) is 0 Å². The maximum Gasteiger partial charge on any atom is 0.151 e. The SMILES string of the molecule is CCCC1(O)CN(c2nc3ccccc3nc2C)C1. The van der Waals surface area contributed by atoms with Crippen molar-refractivity contribution in [2.45, 2.75) is 32.3 Å². The van der Waals surface area contributed by atoms with Gasteiger partial charge in [-0.25, -0.2) is 9.97 Å². The summed E-state index contributed by atoms with van der Waals surface area (Å²) in [5, 5.41) is 10.3. The van der Waals surface area contributed by atoms with Crippen LogP contribution in [-0.2, 0) is 0 Å². The Morgan fingerprint density at radius 2 is 1.84 bits per heavy atom. The molecule has 0 radical (unpaired) electrons. The fourth-order valence-electron chi connectivity index (χ4n) is 2.82. The molecule has 0 bridgehead atoms. The zero-order chi connectivity index (χ0) is 13.5. The number of aromatic nitrogens is 2. The Morgan fingerprint density at radius 1 is 1.21 bits per heavy atom. The molecule has 2 aromatic rings. The van der Waals surface area contributed by atoms with Gasteiger partial charge >= 0.3 is 0 Å². The van der Waals surface area contributed by atoms with Crippen LogP contribution in [0.5, 0.6) is 0 Å². The molecule has 0 saturated carbocycles. The largest absolute Gasteiger partial charge is 0.386 e. The number of hydrogen-bond donors (Lipinski definition) is 1. The molecule has 1 saturated heterocycles. The summed E-state index contributed by atoms with van der Waals surface area (Å²) in [4.78, 5) is 11.4. The van der Waals surface area contributed by atoms with E-state index in [1.807, 2.05) is 31.2 Å². The molecule has 4 nitrogen and oxygen atoms in total. The summed E-state index contributed by atoms with van der Waals surface area (Å²) in [7, 11) is 0. The van der Waals surface area contributed by atoms with Crippen LogP contribution in [0.15, 0.2) is 24.3 Å². The maximum absolute atomic E-state index is 10.3. The maximum atomic E-state index is 10.3. The molecule has 19 heavy (non-hydrogen) atoms. The molecule has 1 fully saturated rings. The van der Waals surface area contributed by atoms with E-state index < -0.39 is 5.60 Å². The second kappa shape index (κ2) is 4.46. The quantitative estimate of drug-likeness (QED) is 0.916. The lowest BCUT2D eigenvalue weighted by atomic mass is 9.89. The van der Waals surface area contributed by atoms with Crippen molar-refractivity contribution >= 4 is 16.9 Å². The number of rotatable bonds is 3. The number of para-hydroxylation sites is 2. The van der Waals surface area contributed by atoms with Crippen LogP contribution in [0.1, 0.15) is 25.5 Å². The fraction of sp³-hybridized carbons (Fsp3) is 0.467. The van der Waals surface area contributed by atoms with Crippen molar-refractivity contribution in [1.29, 1.82) is 0 Å². The Kier molecular flexibility index (Phi) is 2.90. The third kappa shape index (κ3) is 2.16. The molecule has 0 aliphatic carbocycles. The summed E-state index contributed by atoms with van der Waals surface area (Å²) in [6.45, 7) is 5.40. The van der Waals surface area contributed by atoms with Gasteiger partial charge in [0.1, 0.15) is 0 Å². The number of aliphatic hydroxyl groups is 1. The first-order chi connectivity index (χ1) is 9.11. The minimum absolute atomic E-state index is 0.533. The van der Waals surface area contributed by atoms with Gasteiger partial charge in [-0.1, -0.05) is 25.5 Å². The van der Waals surface area contributed by atoms with Crippen molar-refractivity contribution in [1.82, 2.24) is 9.97 Å². The summed E-state index contributed by atoms with van der Waals surface area (Å²) in [5.41, 5.74) is 2.23. The summed E-state index contributed by atoms with van der Waals surface area (Å²) in [6, 6.07) is 7.89. The average Bonchev–Trinajstić information content (AvgIpc) is 2.35. The van der Waals surface area contributed by atoms with Crippen LogP contribution in [0.2, 0.25) is 0 Å². The number of aryl methyl sites for hydroxylation is 1. The van der Waals surface area contributed by atoms with Gasteiger partial charge in [-0.3, -0.25) is 0 Å². The number of fused-ring (bicyclic) bond motifs is 1. The molecule has 4 heteroatoms. The smallest absolute Gasteiger partial charge is 0.151 e. The van der Waals surface area contributed by atoms with Gasteiger partial charge < -0.3 is 10.0 Å². The topological polar surface area (TPSA) is 49.2 Å². The fourth-order valence-corrected chi connectivity index (χ4v) is 2.82. The van der Waals surface area contributed by atoms with Crippen molar-refractivity contribution in [2.24, 2.45) is 0 Å². The molecular weight excluding hydrogens is 238 g/mol. The van der Waals surface area contributed by atoms with Crippen LogP contribution in [0.3, 0.4) is 0 Å². The summed E-state index contributed by atoms with van der Waals surface area (Å²) < 4.78 is 0. The van der Waals surface area contributed by atoms with E-state index >= 15 is 0 Å². The molecular formula is C15H19N3O. The van der Waals surface area contributed by atoms with Gasteiger partial charge in [-0.05, 0) is 25.5 Å². The second-order valence-corrected chi connectivity index (χ2v) is 5.45. The molecule has 0 amide bonds. The molecule has 1 N–H and O–H groups in total. The van der Waals surface area contributed by atoms with Gasteiger partial charge in [0.05, 0.1) is 35.4 Å². The van der Waals surface area contributed by atoms with Crippen LogP contribution >= 0.6 is 0 Å². The zero-order valence-corrected chi connectivity index (χ0v) is 11.4. The molecule has 0 atom stereocenters. The van der Waals surface area contributed by atoms with Gasteiger partial charge in [0.25, 0.3) is 0 Å². The number of anilines is 1. The van der Waals surface area contributed by atoms with E-state index in [0.29, 0.717) is 13.1 Å². The summed E-state index contributed by atoms with van der Waals surface area (Å²) in [5.74, 6) is 0.902. The van der Waals surface area contributed by atoms with Gasteiger partial charge in [-0.2, -0.15) is 0 Å². The highest BCUT2D eigenvalue weighted by Gasteiger charge is 2.41. The Morgan fingerprint density at radius 3 is 2.47 bits per heavy atom. The monoisotopic (exact) mass is 257 g/mol. The highest BCUT2D eigenvalue weighted by molar-refractivity contribution is 5.76. The predicted octanol–water partition coefficient (Wildman–Crippen LogP) is 2.29. The summed E-state index contributed by atoms with van der Waals surface area (Å²) in [6.07, 6.45) is 1.86. The van der Waals surface area contributed by atoms with Crippen molar-refractivity contribution in [3.8, 4) is 0 Å². The van der Waals surface area contributed by atoms with E-state index in [1.54, 1.807) is 0 Å². The van der Waals surface area contributed by atoms with Crippen LogP contribution in [0.25, 0.3) is 11.0 Å².